The van der Waals surface area contributed by atoms with Crippen molar-refractivity contribution in [1.29, 1.82) is 0 Å². The van der Waals surface area contributed by atoms with Crippen molar-refractivity contribution in [3.05, 3.63) is 35.4 Å². The van der Waals surface area contributed by atoms with Crippen LogP contribution >= 0.6 is 0 Å². The average molecular weight is 450 g/mol. The molecule has 2 aliphatic rings. The maximum atomic E-state index is 12.2. The van der Waals surface area contributed by atoms with Gasteiger partial charge in [0.25, 0.3) is 0 Å². The average Bonchev–Trinajstić information content (AvgIpc) is 2.70. The first-order valence-corrected chi connectivity index (χ1v) is 13.4. The van der Waals surface area contributed by atoms with Crippen molar-refractivity contribution < 1.29 is 8.42 Å². The zero-order valence-electron chi connectivity index (χ0n) is 19.1. The number of aryl methyl sites for hydroxylation is 1. The van der Waals surface area contributed by atoms with Gasteiger partial charge in [0.2, 0.25) is 10.0 Å². The first-order valence-electron chi connectivity index (χ1n) is 11.7. The van der Waals surface area contributed by atoms with Gasteiger partial charge < -0.3 is 10.6 Å². The van der Waals surface area contributed by atoms with E-state index in [1.54, 1.807) is 0 Å². The molecule has 1 aromatic carbocycles. The van der Waals surface area contributed by atoms with Crippen molar-refractivity contribution in [2.45, 2.75) is 58.5 Å². The number of nitrogens with one attached hydrogen (secondary N) is 3. The number of piperidine rings is 1. The molecule has 3 rings (SSSR count). The van der Waals surface area contributed by atoms with Crippen LogP contribution in [-0.4, -0.2) is 63.8 Å². The fourth-order valence-electron chi connectivity index (χ4n) is 4.07. The number of hydrogen-bond acceptors (Lipinski definition) is 4. The molecule has 0 radical (unpaired) electrons. The standard InChI is InChI=1S/C23H39N5O2S/c1-3-24-23(25-13-16-31(29,30)26-17-20-8-6-9-20)27-22-11-14-28(15-12-22)18-21-10-5-4-7-19(21)2/h4-5,7,10,20,22,26H,3,6,8-9,11-18H2,1-2H3,(H2,24,25,27). The Morgan fingerprint density at radius 1 is 1.16 bits per heavy atom. The zero-order chi connectivity index (χ0) is 22.1. The summed E-state index contributed by atoms with van der Waals surface area (Å²) in [6, 6.07) is 8.95. The quantitative estimate of drug-likeness (QED) is 0.377. The van der Waals surface area contributed by atoms with Crippen LogP contribution in [0.4, 0.5) is 0 Å². The van der Waals surface area contributed by atoms with Crippen molar-refractivity contribution in [3.63, 3.8) is 0 Å². The minimum Gasteiger partial charge on any atom is -0.357 e. The molecule has 0 bridgehead atoms. The second-order valence-electron chi connectivity index (χ2n) is 8.85. The molecule has 0 aromatic heterocycles. The molecule has 0 amide bonds. The van der Waals surface area contributed by atoms with Crippen molar-refractivity contribution >= 4 is 16.0 Å². The third-order valence-electron chi connectivity index (χ3n) is 6.37. The van der Waals surface area contributed by atoms with Crippen molar-refractivity contribution in [2.75, 3.05) is 38.5 Å². The molecule has 174 valence electrons. The van der Waals surface area contributed by atoms with E-state index >= 15 is 0 Å². The van der Waals surface area contributed by atoms with Crippen LogP contribution in [0.2, 0.25) is 0 Å². The van der Waals surface area contributed by atoms with Crippen LogP contribution in [0.3, 0.4) is 0 Å². The van der Waals surface area contributed by atoms with E-state index in [0.29, 0.717) is 24.5 Å². The molecule has 8 heteroatoms. The number of benzene rings is 1. The van der Waals surface area contributed by atoms with E-state index in [9.17, 15) is 8.42 Å². The van der Waals surface area contributed by atoms with Gasteiger partial charge in [-0.3, -0.25) is 9.89 Å². The smallest absolute Gasteiger partial charge is 0.213 e. The molecule has 1 aromatic rings. The number of likely N-dealkylation sites (tertiary alicyclic amines) is 1. The van der Waals surface area contributed by atoms with Gasteiger partial charge >= 0.3 is 0 Å². The third kappa shape index (κ3) is 8.09. The monoisotopic (exact) mass is 449 g/mol. The Balaban J connectivity index is 1.41. The van der Waals surface area contributed by atoms with Gasteiger partial charge in [-0.15, -0.1) is 0 Å². The van der Waals surface area contributed by atoms with Crippen LogP contribution in [0, 0.1) is 12.8 Å². The lowest BCUT2D eigenvalue weighted by atomic mass is 9.86. The van der Waals surface area contributed by atoms with E-state index in [1.807, 2.05) is 6.92 Å². The molecule has 7 nitrogen and oxygen atoms in total. The topological polar surface area (TPSA) is 85.8 Å². The largest absolute Gasteiger partial charge is 0.357 e. The second-order valence-corrected chi connectivity index (χ2v) is 10.8. The molecule has 0 spiro atoms. The molecule has 3 N–H and O–H groups in total. The highest BCUT2D eigenvalue weighted by atomic mass is 32.2. The summed E-state index contributed by atoms with van der Waals surface area (Å²) in [4.78, 5) is 7.02. The maximum absolute atomic E-state index is 12.2. The first kappa shape index (κ1) is 24.0. The molecular formula is C23H39N5O2S. The Kier molecular flexibility index (Phi) is 9.16. The summed E-state index contributed by atoms with van der Waals surface area (Å²) in [5.41, 5.74) is 2.75. The number of hydrogen-bond donors (Lipinski definition) is 3. The third-order valence-corrected chi connectivity index (χ3v) is 7.70. The number of sulfonamides is 1. The Morgan fingerprint density at radius 2 is 1.90 bits per heavy atom. The Bertz CT molecular complexity index is 815. The SMILES string of the molecule is CCNC(=NCCS(=O)(=O)NCC1CCC1)NC1CCN(Cc2ccccc2C)CC1. The van der Waals surface area contributed by atoms with Gasteiger partial charge in [0.1, 0.15) is 0 Å². The number of guanidine groups is 1. The lowest BCUT2D eigenvalue weighted by Crippen LogP contribution is -2.48. The Hall–Kier alpha value is -1.64. The highest BCUT2D eigenvalue weighted by Crippen LogP contribution is 2.25. The van der Waals surface area contributed by atoms with Crippen molar-refractivity contribution in [1.82, 2.24) is 20.3 Å². The molecule has 1 saturated carbocycles. The molecule has 1 aliphatic carbocycles. The summed E-state index contributed by atoms with van der Waals surface area (Å²) < 4.78 is 27.1. The molecule has 1 aliphatic heterocycles. The Morgan fingerprint density at radius 3 is 2.55 bits per heavy atom. The minimum absolute atomic E-state index is 0.0329. The zero-order valence-corrected chi connectivity index (χ0v) is 19.9. The van der Waals surface area contributed by atoms with Gasteiger partial charge in [-0.25, -0.2) is 13.1 Å². The number of nitrogens with zero attached hydrogens (tertiary/aromatic N) is 2. The van der Waals surface area contributed by atoms with Gasteiger partial charge in [-0.1, -0.05) is 30.7 Å². The van der Waals surface area contributed by atoms with Crippen LogP contribution in [-0.2, 0) is 16.6 Å². The predicted octanol–water partition coefficient (Wildman–Crippen LogP) is 2.23. The highest BCUT2D eigenvalue weighted by molar-refractivity contribution is 7.89. The van der Waals surface area contributed by atoms with Crippen LogP contribution in [0.25, 0.3) is 0 Å². The lowest BCUT2D eigenvalue weighted by Gasteiger charge is -2.33. The molecule has 0 unspecified atom stereocenters. The van der Waals surface area contributed by atoms with Crippen LogP contribution in [0.5, 0.6) is 0 Å². The molecule has 1 heterocycles. The van der Waals surface area contributed by atoms with E-state index in [2.05, 4.69) is 56.4 Å². The van der Waals surface area contributed by atoms with E-state index < -0.39 is 10.0 Å². The number of aliphatic imine (C=N–C) groups is 1. The van der Waals surface area contributed by atoms with Gasteiger partial charge in [-0.2, -0.15) is 0 Å². The van der Waals surface area contributed by atoms with Crippen LogP contribution in [0.15, 0.2) is 29.3 Å². The molecule has 1 saturated heterocycles. The first-order chi connectivity index (χ1) is 14.9. The highest BCUT2D eigenvalue weighted by Gasteiger charge is 2.21. The van der Waals surface area contributed by atoms with E-state index in [0.717, 1.165) is 51.9 Å². The van der Waals surface area contributed by atoms with Crippen LogP contribution < -0.4 is 15.4 Å². The van der Waals surface area contributed by atoms with Crippen LogP contribution in [0.1, 0.15) is 50.2 Å². The maximum Gasteiger partial charge on any atom is 0.213 e. The fourth-order valence-corrected chi connectivity index (χ4v) is 5.03. The van der Waals surface area contributed by atoms with E-state index in [1.165, 1.54) is 17.5 Å². The molecule has 0 atom stereocenters. The van der Waals surface area contributed by atoms with Gasteiger partial charge in [-0.05, 0) is 56.6 Å². The summed E-state index contributed by atoms with van der Waals surface area (Å²) in [7, 11) is -3.26. The number of rotatable bonds is 10. The molecule has 31 heavy (non-hydrogen) atoms. The summed E-state index contributed by atoms with van der Waals surface area (Å²) >= 11 is 0. The minimum atomic E-state index is -3.26. The summed E-state index contributed by atoms with van der Waals surface area (Å²) in [6.45, 7) is 8.89. The van der Waals surface area contributed by atoms with Gasteiger partial charge in [0.15, 0.2) is 5.96 Å². The second kappa shape index (κ2) is 11.8. The summed E-state index contributed by atoms with van der Waals surface area (Å²) in [5.74, 6) is 1.27. The molecule has 2 fully saturated rings. The predicted molar refractivity (Wildman–Crippen MR) is 128 cm³/mol. The molecular weight excluding hydrogens is 410 g/mol. The normalized spacial score (nSPS) is 19.2. The van der Waals surface area contributed by atoms with E-state index in [4.69, 9.17) is 0 Å². The van der Waals surface area contributed by atoms with E-state index in [-0.39, 0.29) is 12.3 Å². The fraction of sp³-hybridized carbons (Fsp3) is 0.696. The van der Waals surface area contributed by atoms with Gasteiger partial charge in [0, 0.05) is 38.8 Å². The summed E-state index contributed by atoms with van der Waals surface area (Å²) in [6.07, 6.45) is 5.60. The van der Waals surface area contributed by atoms with Gasteiger partial charge in [0.05, 0.1) is 12.3 Å². The summed E-state index contributed by atoms with van der Waals surface area (Å²) in [5, 5.41) is 6.76. The Labute approximate surface area is 188 Å². The van der Waals surface area contributed by atoms with Crippen molar-refractivity contribution in [3.8, 4) is 0 Å². The lowest BCUT2D eigenvalue weighted by molar-refractivity contribution is 0.198. The van der Waals surface area contributed by atoms with Crippen molar-refractivity contribution in [2.24, 2.45) is 10.9 Å².